The zero-order valence-corrected chi connectivity index (χ0v) is 8.32. The zero-order chi connectivity index (χ0) is 6.62. The topological polar surface area (TPSA) is 9.23 Å². The van der Waals surface area contributed by atoms with Crippen LogP contribution in [-0.2, 0) is 4.74 Å². The van der Waals surface area contributed by atoms with Gasteiger partial charge < -0.3 is 4.74 Å². The summed E-state index contributed by atoms with van der Waals surface area (Å²) in [5.41, 5.74) is 0. The van der Waals surface area contributed by atoms with Crippen LogP contribution in [0.2, 0.25) is 0 Å². The molecule has 0 aliphatic heterocycles. The third-order valence-corrected chi connectivity index (χ3v) is 3.81. The fraction of sp³-hybridized carbons (Fsp3) is 1.00. The molecule has 0 aliphatic rings. The normalized spacial score (nSPS) is 12.4. The first kappa shape index (κ1) is 8.18. The molecule has 0 atom stereocenters. The van der Waals surface area contributed by atoms with Gasteiger partial charge in [0.25, 0.3) is 0 Å². The molecule has 0 aromatic heterocycles. The summed E-state index contributed by atoms with van der Waals surface area (Å²) in [6, 6.07) is 0. The molecule has 0 aromatic rings. The van der Waals surface area contributed by atoms with Crippen LogP contribution in [0.5, 0.6) is 0 Å². The van der Waals surface area contributed by atoms with Crippen LogP contribution in [0.1, 0.15) is 26.7 Å². The third-order valence-electron chi connectivity index (χ3n) is 1.99. The van der Waals surface area contributed by atoms with Crippen molar-refractivity contribution in [2.24, 2.45) is 0 Å². The van der Waals surface area contributed by atoms with E-state index < -0.39 is 0 Å². The van der Waals surface area contributed by atoms with Crippen LogP contribution in [0, 0.1) is 0 Å². The first-order valence-electron chi connectivity index (χ1n) is 3.23. The smallest absolute Gasteiger partial charge is 0.0477 e. The lowest BCUT2D eigenvalue weighted by atomic mass is 10.2. The summed E-state index contributed by atoms with van der Waals surface area (Å²) in [5, 5.41) is 0.264. The Morgan fingerprint density at radius 3 is 1.75 bits per heavy atom. The van der Waals surface area contributed by atoms with Crippen molar-refractivity contribution in [3.05, 3.63) is 0 Å². The van der Waals surface area contributed by atoms with Gasteiger partial charge in [0.05, 0.1) is 0 Å². The molecule has 0 fully saturated rings. The van der Waals surface area contributed by atoms with Crippen LogP contribution in [-0.4, -0.2) is 22.6 Å². The van der Waals surface area contributed by atoms with Gasteiger partial charge >= 0.3 is 0 Å². The average Bonchev–Trinajstić information content (AvgIpc) is 1.87. The Morgan fingerprint density at radius 2 is 1.75 bits per heavy atom. The van der Waals surface area contributed by atoms with Crippen molar-refractivity contribution >= 4 is 10.2 Å². The molecule has 2 heteroatoms. The Hall–Kier alpha value is 0.177. The largest absolute Gasteiger partial charge is 0.383 e. The average molecular weight is 132 g/mol. The van der Waals surface area contributed by atoms with E-state index in [2.05, 4.69) is 13.8 Å². The number of ether oxygens (including phenoxy) is 1. The molecule has 0 rings (SSSR count). The zero-order valence-electron chi connectivity index (χ0n) is 6.32. The Bertz CT molecular complexity index is 51.3. The summed E-state index contributed by atoms with van der Waals surface area (Å²) in [4.78, 5) is 0. The molecule has 0 spiro atoms. The maximum atomic E-state index is 5.30. The van der Waals surface area contributed by atoms with E-state index >= 15 is 0 Å². The highest BCUT2D eigenvalue weighted by Crippen LogP contribution is 2.13. The predicted molar refractivity (Wildman–Crippen MR) is 40.3 cm³/mol. The highest BCUT2D eigenvalue weighted by Gasteiger charge is 2.16. The van der Waals surface area contributed by atoms with Crippen molar-refractivity contribution in [2.45, 2.75) is 31.9 Å². The summed E-state index contributed by atoms with van der Waals surface area (Å²) in [7, 11) is 2.95. The van der Waals surface area contributed by atoms with Gasteiger partial charge in [0.2, 0.25) is 0 Å². The number of rotatable bonds is 3. The second-order valence-electron chi connectivity index (χ2n) is 2.36. The molecule has 0 aliphatic carbocycles. The molecule has 0 saturated heterocycles. The lowest BCUT2D eigenvalue weighted by Gasteiger charge is -2.24. The van der Waals surface area contributed by atoms with Gasteiger partial charge in [-0.3, -0.25) is 0 Å². The Kier molecular flexibility index (Phi) is 3.32. The second kappa shape index (κ2) is 3.25. The van der Waals surface area contributed by atoms with Gasteiger partial charge in [-0.1, -0.05) is 13.8 Å². The van der Waals surface area contributed by atoms with Crippen molar-refractivity contribution in [3.63, 3.8) is 0 Å². The lowest BCUT2D eigenvalue weighted by Crippen LogP contribution is -2.29. The van der Waals surface area contributed by atoms with Crippen LogP contribution in [0.25, 0.3) is 0 Å². The minimum atomic E-state index is 0.264. The lowest BCUT2D eigenvalue weighted by molar-refractivity contribution is 0.0567. The summed E-state index contributed by atoms with van der Waals surface area (Å²) in [6.45, 7) is 4.36. The first-order valence-corrected chi connectivity index (χ1v) is 4.23. The van der Waals surface area contributed by atoms with Crippen molar-refractivity contribution in [2.75, 3.05) is 7.11 Å². The molecule has 0 radical (unpaired) electrons. The molecule has 50 valence electrons. The quantitative estimate of drug-likeness (QED) is 0.509. The minimum Gasteiger partial charge on any atom is -0.383 e. The maximum absolute atomic E-state index is 5.30. The molecular weight excluding hydrogens is 116 g/mol. The van der Waals surface area contributed by atoms with Crippen LogP contribution < -0.4 is 0 Å². The van der Waals surface area contributed by atoms with E-state index in [4.69, 9.17) is 4.74 Å². The summed E-state index contributed by atoms with van der Waals surface area (Å²) >= 11 is 0. The van der Waals surface area contributed by atoms with Gasteiger partial charge in [0.1, 0.15) is 0 Å². The van der Waals surface area contributed by atoms with E-state index in [9.17, 15) is 0 Å². The third kappa shape index (κ3) is 1.97. The van der Waals surface area contributed by atoms with Crippen LogP contribution in [0.3, 0.4) is 0 Å². The molecule has 0 saturated carbocycles. The fourth-order valence-electron chi connectivity index (χ4n) is 0.539. The van der Waals surface area contributed by atoms with E-state index in [-0.39, 0.29) is 5.22 Å². The van der Waals surface area contributed by atoms with Crippen molar-refractivity contribution in [3.8, 4) is 0 Å². The van der Waals surface area contributed by atoms with Gasteiger partial charge in [0.15, 0.2) is 0 Å². The summed E-state index contributed by atoms with van der Waals surface area (Å²) in [6.07, 6.45) is 2.32. The Morgan fingerprint density at radius 1 is 1.38 bits per heavy atom. The summed E-state index contributed by atoms with van der Waals surface area (Å²) in [5.74, 6) is 0. The molecule has 0 unspecified atom stereocenters. The maximum Gasteiger partial charge on any atom is 0.0477 e. The van der Waals surface area contributed by atoms with Crippen LogP contribution in [0.15, 0.2) is 0 Å². The standard InChI is InChI=1S/C6H16OSi/c1-4-6(8,5-2)7-3/h4-5H2,1-3,8H3. The SMILES string of the molecule is CCC([SiH3])(CC)OC. The van der Waals surface area contributed by atoms with E-state index in [0.29, 0.717) is 0 Å². The molecular formula is C6H16OSi. The van der Waals surface area contributed by atoms with E-state index in [1.54, 1.807) is 7.11 Å². The second-order valence-corrected chi connectivity index (χ2v) is 4.18. The van der Waals surface area contributed by atoms with Crippen molar-refractivity contribution < 1.29 is 4.74 Å². The molecule has 0 N–H and O–H groups in total. The van der Waals surface area contributed by atoms with Crippen LogP contribution in [0.4, 0.5) is 0 Å². The number of methoxy groups -OCH3 is 1. The molecule has 0 amide bonds. The molecule has 0 heterocycles. The van der Waals surface area contributed by atoms with Crippen LogP contribution >= 0.6 is 0 Å². The molecule has 8 heavy (non-hydrogen) atoms. The number of hydrogen-bond donors (Lipinski definition) is 0. The van der Waals surface area contributed by atoms with E-state index in [1.807, 2.05) is 0 Å². The van der Waals surface area contributed by atoms with E-state index in [0.717, 1.165) is 23.1 Å². The van der Waals surface area contributed by atoms with Gasteiger partial charge in [-0.2, -0.15) is 0 Å². The molecule has 0 bridgehead atoms. The summed E-state index contributed by atoms with van der Waals surface area (Å²) < 4.78 is 5.30. The first-order chi connectivity index (χ1) is 3.68. The Balaban J connectivity index is 3.58. The number of hydrogen-bond acceptors (Lipinski definition) is 1. The van der Waals surface area contributed by atoms with Crippen molar-refractivity contribution in [1.29, 1.82) is 0 Å². The van der Waals surface area contributed by atoms with Gasteiger partial charge in [-0.25, -0.2) is 0 Å². The van der Waals surface area contributed by atoms with Crippen molar-refractivity contribution in [1.82, 2.24) is 0 Å². The highest BCUT2D eigenvalue weighted by molar-refractivity contribution is 6.14. The van der Waals surface area contributed by atoms with Gasteiger partial charge in [0, 0.05) is 22.6 Å². The van der Waals surface area contributed by atoms with E-state index in [1.165, 1.54) is 0 Å². The fourth-order valence-corrected chi connectivity index (χ4v) is 0.539. The minimum absolute atomic E-state index is 0.264. The molecule has 1 nitrogen and oxygen atoms in total. The highest BCUT2D eigenvalue weighted by atomic mass is 28.1. The molecule has 0 aromatic carbocycles. The van der Waals surface area contributed by atoms with Gasteiger partial charge in [-0.15, -0.1) is 0 Å². The predicted octanol–water partition coefficient (Wildman–Crippen LogP) is 0.514. The monoisotopic (exact) mass is 132 g/mol. The van der Waals surface area contributed by atoms with Gasteiger partial charge in [-0.05, 0) is 12.8 Å². The Labute approximate surface area is 54.8 Å².